The molecule has 1 saturated heterocycles. The molecule has 0 radical (unpaired) electrons. The van der Waals surface area contributed by atoms with Crippen molar-refractivity contribution in [3.05, 3.63) is 32.8 Å². The Balaban J connectivity index is 2.26. The van der Waals surface area contributed by atoms with Crippen molar-refractivity contribution in [1.82, 2.24) is 5.32 Å². The first-order valence-corrected chi connectivity index (χ1v) is 7.44. The van der Waals surface area contributed by atoms with Crippen LogP contribution in [0.5, 0.6) is 0 Å². The maximum absolute atomic E-state index is 10.9. The Kier molecular flexibility index (Phi) is 5.39. The maximum atomic E-state index is 10.9. The minimum Gasteiger partial charge on any atom is -0.395 e. The fourth-order valence-corrected chi connectivity index (χ4v) is 2.97. The topological polar surface area (TPSA) is 78.6 Å². The molecule has 7 heteroatoms. The standard InChI is InChI=1S/C14H20ClN3O3/c1-10-7-14(18(20)21)12(15)8-13(10)17(5-6-19)9-11-3-2-4-16-11/h7-8,11,16,19H,2-6,9H2,1H3. The van der Waals surface area contributed by atoms with Crippen LogP contribution in [-0.4, -0.2) is 42.3 Å². The predicted molar refractivity (Wildman–Crippen MR) is 83.2 cm³/mol. The monoisotopic (exact) mass is 313 g/mol. The molecule has 1 atom stereocenters. The highest BCUT2D eigenvalue weighted by Crippen LogP contribution is 2.32. The fraction of sp³-hybridized carbons (Fsp3) is 0.571. The van der Waals surface area contributed by atoms with Crippen LogP contribution >= 0.6 is 11.6 Å². The third-order valence-electron chi connectivity index (χ3n) is 3.78. The molecule has 1 heterocycles. The fourth-order valence-electron chi connectivity index (χ4n) is 2.75. The summed E-state index contributed by atoms with van der Waals surface area (Å²) in [4.78, 5) is 12.5. The molecule has 0 amide bonds. The van der Waals surface area contributed by atoms with Crippen molar-refractivity contribution in [3.63, 3.8) is 0 Å². The molecule has 1 aromatic rings. The molecule has 1 aromatic carbocycles. The number of aliphatic hydroxyl groups excluding tert-OH is 1. The van der Waals surface area contributed by atoms with Crippen molar-refractivity contribution < 1.29 is 10.0 Å². The first-order chi connectivity index (χ1) is 10.0. The van der Waals surface area contributed by atoms with E-state index >= 15 is 0 Å². The molecule has 0 bridgehead atoms. The van der Waals surface area contributed by atoms with Crippen molar-refractivity contribution >= 4 is 23.0 Å². The largest absolute Gasteiger partial charge is 0.395 e. The van der Waals surface area contributed by atoms with Gasteiger partial charge in [-0.05, 0) is 37.9 Å². The second-order valence-electron chi connectivity index (χ2n) is 5.31. The summed E-state index contributed by atoms with van der Waals surface area (Å²) in [5, 5.41) is 23.7. The van der Waals surface area contributed by atoms with Gasteiger partial charge >= 0.3 is 0 Å². The van der Waals surface area contributed by atoms with E-state index < -0.39 is 4.92 Å². The minimum absolute atomic E-state index is 0.0285. The molecule has 1 fully saturated rings. The number of halogens is 1. The average molecular weight is 314 g/mol. The summed E-state index contributed by atoms with van der Waals surface area (Å²) in [6.07, 6.45) is 2.25. The molecule has 0 aromatic heterocycles. The van der Waals surface area contributed by atoms with Gasteiger partial charge in [-0.3, -0.25) is 10.1 Å². The van der Waals surface area contributed by atoms with Crippen LogP contribution in [-0.2, 0) is 0 Å². The number of anilines is 1. The van der Waals surface area contributed by atoms with Crippen LogP contribution in [0.1, 0.15) is 18.4 Å². The smallest absolute Gasteiger partial charge is 0.288 e. The lowest BCUT2D eigenvalue weighted by molar-refractivity contribution is -0.384. The van der Waals surface area contributed by atoms with E-state index in [0.717, 1.165) is 37.2 Å². The van der Waals surface area contributed by atoms with E-state index in [-0.39, 0.29) is 17.3 Å². The highest BCUT2D eigenvalue weighted by molar-refractivity contribution is 6.33. The summed E-state index contributed by atoms with van der Waals surface area (Å²) in [5.41, 5.74) is 1.55. The summed E-state index contributed by atoms with van der Waals surface area (Å²) >= 11 is 6.01. The number of aryl methyl sites for hydroxylation is 1. The second-order valence-corrected chi connectivity index (χ2v) is 5.72. The van der Waals surface area contributed by atoms with E-state index in [9.17, 15) is 15.2 Å². The first-order valence-electron chi connectivity index (χ1n) is 7.06. The lowest BCUT2D eigenvalue weighted by Crippen LogP contribution is -2.39. The van der Waals surface area contributed by atoms with Crippen molar-refractivity contribution in [3.8, 4) is 0 Å². The number of aliphatic hydroxyl groups is 1. The van der Waals surface area contributed by atoms with Gasteiger partial charge in [-0.15, -0.1) is 0 Å². The zero-order valence-corrected chi connectivity index (χ0v) is 12.8. The van der Waals surface area contributed by atoms with Crippen molar-refractivity contribution in [2.75, 3.05) is 31.1 Å². The van der Waals surface area contributed by atoms with Gasteiger partial charge in [-0.2, -0.15) is 0 Å². The van der Waals surface area contributed by atoms with Gasteiger partial charge in [0, 0.05) is 30.9 Å². The first kappa shape index (κ1) is 16.0. The number of nitro groups is 1. The Morgan fingerprint density at radius 1 is 1.57 bits per heavy atom. The van der Waals surface area contributed by atoms with E-state index in [0.29, 0.717) is 12.6 Å². The van der Waals surface area contributed by atoms with Crippen LogP contribution < -0.4 is 10.2 Å². The van der Waals surface area contributed by atoms with E-state index in [1.807, 2.05) is 11.8 Å². The summed E-state index contributed by atoms with van der Waals surface area (Å²) in [6.45, 7) is 4.10. The number of nitrogens with one attached hydrogen (secondary N) is 1. The molecule has 0 spiro atoms. The zero-order chi connectivity index (χ0) is 15.4. The molecule has 1 unspecified atom stereocenters. The van der Waals surface area contributed by atoms with Crippen LogP contribution in [0.4, 0.5) is 11.4 Å². The molecule has 0 saturated carbocycles. The maximum Gasteiger partial charge on any atom is 0.288 e. The molecular weight excluding hydrogens is 294 g/mol. The van der Waals surface area contributed by atoms with Crippen molar-refractivity contribution in [1.29, 1.82) is 0 Å². The number of hydrogen-bond donors (Lipinski definition) is 2. The SMILES string of the molecule is Cc1cc([N+](=O)[O-])c(Cl)cc1N(CCO)CC1CCCN1. The molecule has 2 rings (SSSR count). The van der Waals surface area contributed by atoms with Crippen molar-refractivity contribution in [2.45, 2.75) is 25.8 Å². The number of rotatable bonds is 6. The quantitative estimate of drug-likeness (QED) is 0.621. The Labute approximate surface area is 128 Å². The predicted octanol–water partition coefficient (Wildman–Crippen LogP) is 2.11. The molecule has 21 heavy (non-hydrogen) atoms. The van der Waals surface area contributed by atoms with E-state index in [1.165, 1.54) is 6.07 Å². The van der Waals surface area contributed by atoms with Gasteiger partial charge in [0.05, 0.1) is 11.5 Å². The van der Waals surface area contributed by atoms with Crippen LogP contribution in [0.3, 0.4) is 0 Å². The lowest BCUT2D eigenvalue weighted by Gasteiger charge is -2.28. The Morgan fingerprint density at radius 2 is 2.33 bits per heavy atom. The Hall–Kier alpha value is -1.37. The summed E-state index contributed by atoms with van der Waals surface area (Å²) < 4.78 is 0. The van der Waals surface area contributed by atoms with Crippen LogP contribution in [0.25, 0.3) is 0 Å². The van der Waals surface area contributed by atoms with Gasteiger partial charge in [-0.25, -0.2) is 0 Å². The van der Waals surface area contributed by atoms with E-state index in [1.54, 1.807) is 6.07 Å². The molecule has 1 aliphatic heterocycles. The zero-order valence-electron chi connectivity index (χ0n) is 12.0. The van der Waals surface area contributed by atoms with Gasteiger partial charge < -0.3 is 15.3 Å². The highest BCUT2D eigenvalue weighted by Gasteiger charge is 2.22. The van der Waals surface area contributed by atoms with Gasteiger partial charge in [0.2, 0.25) is 0 Å². The van der Waals surface area contributed by atoms with Gasteiger partial charge in [0.15, 0.2) is 0 Å². The van der Waals surface area contributed by atoms with Crippen LogP contribution in [0.2, 0.25) is 5.02 Å². The van der Waals surface area contributed by atoms with E-state index in [4.69, 9.17) is 11.6 Å². The Bertz CT molecular complexity index is 518. The number of nitro benzene ring substituents is 1. The molecule has 0 aliphatic carbocycles. The number of hydrogen-bond acceptors (Lipinski definition) is 5. The third-order valence-corrected chi connectivity index (χ3v) is 4.08. The minimum atomic E-state index is -0.478. The average Bonchev–Trinajstić information content (AvgIpc) is 2.93. The van der Waals surface area contributed by atoms with E-state index in [2.05, 4.69) is 5.32 Å². The third kappa shape index (κ3) is 3.84. The van der Waals surface area contributed by atoms with Gasteiger partial charge in [0.1, 0.15) is 5.02 Å². The lowest BCUT2D eigenvalue weighted by atomic mass is 10.1. The number of benzene rings is 1. The number of nitrogens with zero attached hydrogens (tertiary/aromatic N) is 2. The molecule has 6 nitrogen and oxygen atoms in total. The molecule has 1 aliphatic rings. The van der Waals surface area contributed by atoms with Gasteiger partial charge in [0.25, 0.3) is 5.69 Å². The van der Waals surface area contributed by atoms with Crippen molar-refractivity contribution in [2.24, 2.45) is 0 Å². The summed E-state index contributed by atoms with van der Waals surface area (Å²) in [7, 11) is 0. The van der Waals surface area contributed by atoms with Gasteiger partial charge in [-0.1, -0.05) is 11.6 Å². The molecule has 116 valence electrons. The van der Waals surface area contributed by atoms with Crippen LogP contribution in [0.15, 0.2) is 12.1 Å². The Morgan fingerprint density at radius 3 is 2.90 bits per heavy atom. The highest BCUT2D eigenvalue weighted by atomic mass is 35.5. The molecule has 2 N–H and O–H groups in total. The molecular formula is C14H20ClN3O3. The summed E-state index contributed by atoms with van der Waals surface area (Å²) in [6, 6.07) is 3.49. The normalized spacial score (nSPS) is 18.0. The summed E-state index contributed by atoms with van der Waals surface area (Å²) in [5.74, 6) is 0. The van der Waals surface area contributed by atoms with Crippen LogP contribution in [0, 0.1) is 17.0 Å². The second kappa shape index (κ2) is 7.06.